The topological polar surface area (TPSA) is 157 Å². The molecule has 2 heterocycles. The number of halogens is 1. The van der Waals surface area contributed by atoms with Gasteiger partial charge < -0.3 is 26.0 Å². The largest absolute Gasteiger partial charge is 0.377 e. The Morgan fingerprint density at radius 3 is 2.50 bits per heavy atom. The van der Waals surface area contributed by atoms with Crippen LogP contribution >= 0.6 is 0 Å². The molecule has 1 atom stereocenters. The monoisotopic (exact) mass is 542 g/mol. The fourth-order valence-electron chi connectivity index (χ4n) is 3.97. The number of sulfone groups is 1. The van der Waals surface area contributed by atoms with Crippen molar-refractivity contribution in [3.05, 3.63) is 54.3 Å². The lowest BCUT2D eigenvalue weighted by Gasteiger charge is -2.33. The van der Waals surface area contributed by atoms with E-state index in [2.05, 4.69) is 15.6 Å². The number of anilines is 2. The number of urea groups is 1. The van der Waals surface area contributed by atoms with E-state index in [9.17, 15) is 22.4 Å². The highest BCUT2D eigenvalue weighted by Gasteiger charge is 2.24. The van der Waals surface area contributed by atoms with Crippen LogP contribution in [0.4, 0.5) is 20.8 Å². The second-order valence-electron chi connectivity index (χ2n) is 8.82. The molecular formula is C25H27FN6O5S. The Labute approximate surface area is 219 Å². The third kappa shape index (κ3) is 6.42. The van der Waals surface area contributed by atoms with Crippen LogP contribution < -0.4 is 21.3 Å². The van der Waals surface area contributed by atoms with Gasteiger partial charge in [-0.1, -0.05) is 12.1 Å². The van der Waals surface area contributed by atoms with Crippen molar-refractivity contribution in [2.45, 2.75) is 17.9 Å². The number of morpholine rings is 1. The molecule has 13 heteroatoms. The predicted molar refractivity (Wildman–Crippen MR) is 140 cm³/mol. The Morgan fingerprint density at radius 2 is 1.84 bits per heavy atom. The molecule has 0 spiro atoms. The molecule has 0 aliphatic carbocycles. The Hall–Kier alpha value is -4.10. The summed E-state index contributed by atoms with van der Waals surface area (Å²) in [7, 11) is -3.69. The maximum atomic E-state index is 14.3. The van der Waals surface area contributed by atoms with Crippen molar-refractivity contribution >= 4 is 33.4 Å². The number of benzene rings is 2. The van der Waals surface area contributed by atoms with Gasteiger partial charge in [0.1, 0.15) is 5.82 Å². The van der Waals surface area contributed by atoms with E-state index in [1.165, 1.54) is 6.07 Å². The minimum atomic E-state index is -3.69. The van der Waals surface area contributed by atoms with Crippen LogP contribution in [0.2, 0.25) is 0 Å². The second-order valence-corrected chi connectivity index (χ2v) is 10.8. The van der Waals surface area contributed by atoms with Crippen molar-refractivity contribution in [1.82, 2.24) is 15.3 Å². The highest BCUT2D eigenvalue weighted by molar-refractivity contribution is 7.90. The predicted octanol–water partition coefficient (Wildman–Crippen LogP) is 2.19. The molecule has 1 saturated heterocycles. The number of nitrogens with two attached hydrogens (primary N) is 1. The summed E-state index contributed by atoms with van der Waals surface area (Å²) in [5.74, 6) is -0.915. The Balaban J connectivity index is 1.76. The zero-order chi connectivity index (χ0) is 27.4. The van der Waals surface area contributed by atoms with E-state index in [1.54, 1.807) is 30.3 Å². The fourth-order valence-corrected chi connectivity index (χ4v) is 4.84. The zero-order valence-corrected chi connectivity index (χ0v) is 21.6. The number of amides is 3. The molecule has 4 rings (SSSR count). The van der Waals surface area contributed by atoms with E-state index >= 15 is 0 Å². The van der Waals surface area contributed by atoms with E-state index in [0.29, 0.717) is 42.7 Å². The van der Waals surface area contributed by atoms with Crippen LogP contribution in [-0.4, -0.2) is 68.9 Å². The smallest absolute Gasteiger partial charge is 0.319 e. The zero-order valence-electron chi connectivity index (χ0n) is 20.8. The van der Waals surface area contributed by atoms with Gasteiger partial charge in [-0.3, -0.25) is 4.79 Å². The van der Waals surface area contributed by atoms with Gasteiger partial charge in [-0.2, -0.15) is 0 Å². The maximum Gasteiger partial charge on any atom is 0.319 e. The molecule has 0 saturated carbocycles. The number of hydrogen-bond donors (Lipinski definition) is 3. The molecule has 1 unspecified atom stereocenters. The van der Waals surface area contributed by atoms with Crippen molar-refractivity contribution in [2.75, 3.05) is 42.8 Å². The molecule has 3 aromatic rings. The third-order valence-electron chi connectivity index (χ3n) is 5.82. The van der Waals surface area contributed by atoms with Crippen molar-refractivity contribution in [1.29, 1.82) is 0 Å². The molecule has 200 valence electrons. The van der Waals surface area contributed by atoms with E-state index in [0.717, 1.165) is 18.4 Å². The minimum absolute atomic E-state index is 0.0424. The second kappa shape index (κ2) is 11.1. The molecule has 38 heavy (non-hydrogen) atoms. The van der Waals surface area contributed by atoms with Gasteiger partial charge in [0.05, 0.1) is 42.1 Å². The summed E-state index contributed by atoms with van der Waals surface area (Å²) in [6.07, 6.45) is 1.06. The van der Waals surface area contributed by atoms with E-state index < -0.39 is 27.6 Å². The van der Waals surface area contributed by atoms with Gasteiger partial charge in [-0.15, -0.1) is 0 Å². The van der Waals surface area contributed by atoms with Gasteiger partial charge in [-0.25, -0.2) is 27.6 Å². The van der Waals surface area contributed by atoms with Crippen LogP contribution in [0.3, 0.4) is 0 Å². The van der Waals surface area contributed by atoms with Crippen LogP contribution in [0, 0.1) is 5.82 Å². The first-order valence-corrected chi connectivity index (χ1v) is 13.6. The van der Waals surface area contributed by atoms with Crippen molar-refractivity contribution in [3.63, 3.8) is 0 Å². The highest BCUT2D eigenvalue weighted by Crippen LogP contribution is 2.32. The van der Waals surface area contributed by atoms with E-state index in [1.807, 2.05) is 11.8 Å². The van der Waals surface area contributed by atoms with Crippen LogP contribution in [0.5, 0.6) is 0 Å². The molecule has 0 bridgehead atoms. The lowest BCUT2D eigenvalue weighted by molar-refractivity contribution is -0.117. The molecule has 1 aliphatic rings. The molecule has 2 aromatic carbocycles. The first kappa shape index (κ1) is 26.9. The van der Waals surface area contributed by atoms with Crippen molar-refractivity contribution in [2.24, 2.45) is 5.73 Å². The van der Waals surface area contributed by atoms with Gasteiger partial charge in [0.2, 0.25) is 11.9 Å². The normalized spacial score (nSPS) is 15.7. The van der Waals surface area contributed by atoms with Gasteiger partial charge in [0, 0.05) is 29.6 Å². The van der Waals surface area contributed by atoms with E-state index in [4.69, 9.17) is 15.5 Å². The SMILES string of the molecule is CC1COCCN1c1nc(-c2ccc(NC(=O)NCC(N)=O)cc2)cc(-c2cc(F)ccc2S(C)(=O)=O)n1. The summed E-state index contributed by atoms with van der Waals surface area (Å²) >= 11 is 0. The van der Waals surface area contributed by atoms with Crippen LogP contribution in [0.25, 0.3) is 22.5 Å². The summed E-state index contributed by atoms with van der Waals surface area (Å²) in [6.45, 7) is 3.12. The first-order chi connectivity index (χ1) is 18.0. The Bertz CT molecular complexity index is 1470. The number of primary amides is 1. The fraction of sp³-hybridized carbons (Fsp3) is 0.280. The third-order valence-corrected chi connectivity index (χ3v) is 6.97. The number of nitrogens with one attached hydrogen (secondary N) is 2. The van der Waals surface area contributed by atoms with Gasteiger partial charge >= 0.3 is 6.03 Å². The highest BCUT2D eigenvalue weighted by atomic mass is 32.2. The molecule has 1 fully saturated rings. The van der Waals surface area contributed by atoms with Crippen LogP contribution in [0.15, 0.2) is 53.4 Å². The van der Waals surface area contributed by atoms with Crippen molar-refractivity contribution in [3.8, 4) is 22.5 Å². The molecule has 11 nitrogen and oxygen atoms in total. The quantitative estimate of drug-likeness (QED) is 0.384. The summed E-state index contributed by atoms with van der Waals surface area (Å²) in [4.78, 5) is 34.0. The Morgan fingerprint density at radius 1 is 1.13 bits per heavy atom. The molecule has 3 amide bonds. The van der Waals surface area contributed by atoms with Crippen molar-refractivity contribution < 1.29 is 27.1 Å². The number of aromatic nitrogens is 2. The minimum Gasteiger partial charge on any atom is -0.377 e. The number of nitrogens with zero attached hydrogens (tertiary/aromatic N) is 3. The molecule has 1 aromatic heterocycles. The van der Waals surface area contributed by atoms with Gasteiger partial charge in [0.15, 0.2) is 9.84 Å². The summed E-state index contributed by atoms with van der Waals surface area (Å²) in [5.41, 5.74) is 6.98. The van der Waals surface area contributed by atoms with Gasteiger partial charge in [-0.05, 0) is 43.3 Å². The van der Waals surface area contributed by atoms with E-state index in [-0.39, 0.29) is 28.7 Å². The molecule has 0 radical (unpaired) electrons. The molecule has 4 N–H and O–H groups in total. The lowest BCUT2D eigenvalue weighted by Crippen LogP contribution is -2.44. The number of hydrogen-bond acceptors (Lipinski definition) is 8. The lowest BCUT2D eigenvalue weighted by atomic mass is 10.1. The summed E-state index contributed by atoms with van der Waals surface area (Å²) in [5, 5.41) is 4.92. The van der Waals surface area contributed by atoms with Crippen LogP contribution in [-0.2, 0) is 19.4 Å². The average Bonchev–Trinajstić information content (AvgIpc) is 2.87. The first-order valence-electron chi connectivity index (χ1n) is 11.7. The van der Waals surface area contributed by atoms with Gasteiger partial charge in [0.25, 0.3) is 0 Å². The molecular weight excluding hydrogens is 515 g/mol. The number of ether oxygens (including phenoxy) is 1. The maximum absolute atomic E-state index is 14.3. The summed E-state index contributed by atoms with van der Waals surface area (Å²) < 4.78 is 44.8. The number of rotatable bonds is 7. The average molecular weight is 543 g/mol. The Kier molecular flexibility index (Phi) is 7.88. The number of carbonyl (C=O) groups excluding carboxylic acids is 2. The summed E-state index contributed by atoms with van der Waals surface area (Å²) in [6, 6.07) is 11.1. The molecule has 1 aliphatic heterocycles. The number of carbonyl (C=O) groups is 2. The standard InChI is InChI=1S/C25H27FN6O5S/c1-15-14-37-10-9-32(15)24-30-20(16-3-6-18(7-4-16)29-25(34)28-13-23(27)33)12-21(31-24)19-11-17(26)5-8-22(19)38(2,35)36/h3-8,11-12,15H,9-10,13-14H2,1-2H3,(H2,27,33)(H2,28,29,34). The van der Waals surface area contributed by atoms with Crippen LogP contribution in [0.1, 0.15) is 6.92 Å².